The number of ketones is 6. The number of halogens is 9. The standard InChI is InChI=1S/C29H42F2O4.C28H39ClF2O4.C28H44F2O4.C28H40F2O4/c1-4-5-17-29(30,31)28(34)22(3)18-25-21(2)19-26(32)24(25)15-11-6-7-12-16-27(33)35-20-23-13-9-8-10-14-23;1-3-4-16-28(30,31)27(34)24(29)18-23-20(2)17-25(32)22(23)14-10-5-6-11-15-26(33)35-19-21-12-8-7-9-13-21;2*1-3-4-18-28(29,30)26(32)17-16-23-21(2)19-25(31)24(23)14-10-5-6-11-15-27(33)34-20-22-12-8-7-9-13-22/h8-10,13-14,21-22,24-25H,4-7,11-12,15-20H2,1-3H3;7-9,12-13,20,22-24H,3-6,10-11,14-19H2,1-2H3;7-9,12-13,21,23-26,31-32H,3-6,10-11,14-20H2,1-2H3;7-9,12-13,21,23-24H,3-6,10-11,14-20H2,1-2H3/t21-,22?,24-,25+;20-,22-,23+,24?;21-,23+,24-,25+,26-;21-,23+,24-/m1111/s1. The maximum Gasteiger partial charge on any atom is 0.306 e. The first-order valence-corrected chi connectivity index (χ1v) is 52.7. The number of hydrogen-bond acceptors (Lipinski definition) is 16. The molecule has 0 radical (unpaired) electrons. The molecule has 0 aromatic heterocycles. The molecule has 4 aromatic rings. The fourth-order valence-corrected chi connectivity index (χ4v) is 20.7. The van der Waals surface area contributed by atoms with E-state index >= 15 is 0 Å². The third-order valence-electron chi connectivity index (χ3n) is 28.8. The van der Waals surface area contributed by atoms with Gasteiger partial charge in [-0.3, -0.25) is 47.9 Å². The van der Waals surface area contributed by atoms with Gasteiger partial charge in [0.15, 0.2) is 0 Å². The third-order valence-corrected chi connectivity index (χ3v) is 29.2. The molecular formula is C113H165ClF8O16. The Morgan fingerprint density at radius 2 is 0.674 bits per heavy atom. The Labute approximate surface area is 823 Å². The molecule has 0 aliphatic heterocycles. The number of rotatable bonds is 64. The fraction of sp³-hybridized carbons (Fsp3) is 0.699. The summed E-state index contributed by atoms with van der Waals surface area (Å²) in [5.41, 5.74) is 3.86. The van der Waals surface area contributed by atoms with Gasteiger partial charge in [-0.1, -0.05) is 286 Å². The van der Waals surface area contributed by atoms with Crippen LogP contribution in [0, 0.1) is 76.9 Å². The molecule has 2 unspecified atom stereocenters. The average Bonchev–Trinajstić information content (AvgIpc) is 1.68. The lowest BCUT2D eigenvalue weighted by atomic mass is 9.78. The molecule has 25 heteroatoms. The van der Waals surface area contributed by atoms with E-state index in [-0.39, 0.29) is 171 Å². The summed E-state index contributed by atoms with van der Waals surface area (Å²) in [6.07, 6.45) is 21.8. The highest BCUT2D eigenvalue weighted by molar-refractivity contribution is 6.32. The van der Waals surface area contributed by atoms with Gasteiger partial charge in [-0.2, -0.15) is 26.3 Å². The first kappa shape index (κ1) is 121. The predicted octanol–water partition coefficient (Wildman–Crippen LogP) is 28.4. The van der Waals surface area contributed by atoms with Gasteiger partial charge in [-0.05, 0) is 191 Å². The Hall–Kier alpha value is -7.57. The second-order valence-electron chi connectivity index (χ2n) is 40.2. The van der Waals surface area contributed by atoms with Crippen LogP contribution in [0.4, 0.5) is 35.1 Å². The van der Waals surface area contributed by atoms with Crippen molar-refractivity contribution in [3.8, 4) is 0 Å². The molecule has 16 nitrogen and oxygen atoms in total. The number of aliphatic hydroxyl groups is 2. The minimum Gasteiger partial charge on any atom is -0.461 e. The molecule has 776 valence electrons. The topological polar surface area (TPSA) is 248 Å². The van der Waals surface area contributed by atoms with Crippen LogP contribution >= 0.6 is 11.6 Å². The van der Waals surface area contributed by atoms with Crippen LogP contribution in [0.25, 0.3) is 0 Å². The highest BCUT2D eigenvalue weighted by Gasteiger charge is 2.50. The zero-order valence-corrected chi connectivity index (χ0v) is 84.9. The lowest BCUT2D eigenvalue weighted by Crippen LogP contribution is -2.37. The fourth-order valence-electron chi connectivity index (χ4n) is 20.4. The molecule has 4 aliphatic rings. The molecule has 0 bridgehead atoms. The van der Waals surface area contributed by atoms with Crippen LogP contribution in [0.5, 0.6) is 0 Å². The quantitative estimate of drug-likeness (QED) is 0.0137. The van der Waals surface area contributed by atoms with Crippen molar-refractivity contribution in [2.45, 2.75) is 425 Å². The second-order valence-corrected chi connectivity index (χ2v) is 40.7. The zero-order chi connectivity index (χ0) is 102. The number of ether oxygens (including phenoxy) is 4. The maximum atomic E-state index is 14.3. The van der Waals surface area contributed by atoms with Gasteiger partial charge in [0.25, 0.3) is 5.92 Å². The Morgan fingerprint density at radius 3 is 1.04 bits per heavy atom. The summed E-state index contributed by atoms with van der Waals surface area (Å²) >= 11 is 6.17. The molecule has 4 aliphatic carbocycles. The molecule has 4 saturated carbocycles. The second kappa shape index (κ2) is 65.6. The van der Waals surface area contributed by atoms with Crippen LogP contribution in [0.1, 0.15) is 380 Å². The lowest BCUT2D eigenvalue weighted by molar-refractivity contribution is -0.149. The number of aliphatic hydroxyl groups excluding tert-OH is 2. The summed E-state index contributed by atoms with van der Waals surface area (Å²) in [6, 6.07) is 38.3. The SMILES string of the molecule is CCCCC(F)(F)C(=O)C(C)C[C@H]1[C@H](C)CC(=O)[C@@H]1CCCCCCC(=O)OCc1ccccc1.CCCCC(F)(F)C(=O)C(Cl)C[C@H]1[C@H](C)CC(=O)[C@@H]1CCCCCCC(=O)OCc1ccccc1.CCCCC(F)(F)C(=O)CC[C@H]1[C@H](C)CC(=O)[C@@H]1CCCCCCC(=O)OCc1ccccc1.CCCCC(F)(F)[C@H](O)CC[C@@H]1[C@@H](CCCCCCC(=O)OCc2ccccc2)[C@@H](O)C[C@H]1C. The first-order valence-electron chi connectivity index (χ1n) is 52.3. The zero-order valence-electron chi connectivity index (χ0n) is 84.2. The van der Waals surface area contributed by atoms with Gasteiger partial charge in [0.1, 0.15) is 49.9 Å². The number of carbonyl (C=O) groups excluding carboxylic acids is 10. The van der Waals surface area contributed by atoms with E-state index in [1.54, 1.807) is 13.8 Å². The normalized spacial score (nSPS) is 21.6. The number of benzene rings is 4. The van der Waals surface area contributed by atoms with Crippen molar-refractivity contribution in [1.82, 2.24) is 0 Å². The molecule has 4 aromatic carbocycles. The Kier molecular flexibility index (Phi) is 57.5. The minimum absolute atomic E-state index is 0.00592. The van der Waals surface area contributed by atoms with E-state index in [4.69, 9.17) is 30.5 Å². The van der Waals surface area contributed by atoms with E-state index in [2.05, 4.69) is 6.92 Å². The lowest BCUT2D eigenvalue weighted by Gasteiger charge is -2.28. The highest BCUT2D eigenvalue weighted by atomic mass is 35.5. The molecule has 138 heavy (non-hydrogen) atoms. The monoisotopic (exact) mass is 1970 g/mol. The molecule has 0 amide bonds. The molecule has 4 fully saturated rings. The average molecular weight is 1970 g/mol. The van der Waals surface area contributed by atoms with E-state index in [1.165, 1.54) is 0 Å². The van der Waals surface area contributed by atoms with Gasteiger partial charge in [0.2, 0.25) is 17.3 Å². The summed E-state index contributed by atoms with van der Waals surface area (Å²) in [6.45, 7) is 18.1. The Morgan fingerprint density at radius 1 is 0.362 bits per heavy atom. The van der Waals surface area contributed by atoms with Gasteiger partial charge in [-0.25, -0.2) is 8.78 Å². The van der Waals surface area contributed by atoms with Crippen LogP contribution in [0.3, 0.4) is 0 Å². The van der Waals surface area contributed by atoms with Crippen molar-refractivity contribution in [1.29, 1.82) is 0 Å². The summed E-state index contributed by atoms with van der Waals surface area (Å²) in [5, 5.41) is 19.3. The van der Waals surface area contributed by atoms with Gasteiger partial charge >= 0.3 is 41.6 Å². The van der Waals surface area contributed by atoms with E-state index in [9.17, 15) is 93.3 Å². The summed E-state index contributed by atoms with van der Waals surface area (Å²) in [5.74, 6) is -17.0. The number of Topliss-reactive ketones (excluding diaryl/α,β-unsaturated/α-hetero) is 6. The van der Waals surface area contributed by atoms with Crippen molar-refractivity contribution in [3.05, 3.63) is 144 Å². The summed E-state index contributed by atoms with van der Waals surface area (Å²) in [7, 11) is 0. The van der Waals surface area contributed by atoms with Gasteiger partial charge in [0, 0.05) is 101 Å². The predicted molar refractivity (Wildman–Crippen MR) is 525 cm³/mol. The number of esters is 4. The Balaban J connectivity index is 0.000000325. The van der Waals surface area contributed by atoms with Crippen molar-refractivity contribution >= 4 is 70.2 Å². The third kappa shape index (κ3) is 45.4. The maximum absolute atomic E-state index is 14.3. The summed E-state index contributed by atoms with van der Waals surface area (Å²) < 4.78 is 134. The minimum atomic E-state index is -3.41. The van der Waals surface area contributed by atoms with Crippen LogP contribution < -0.4 is 0 Å². The van der Waals surface area contributed by atoms with Crippen LogP contribution in [0.15, 0.2) is 121 Å². The smallest absolute Gasteiger partial charge is 0.306 e. The van der Waals surface area contributed by atoms with Crippen molar-refractivity contribution in [3.63, 3.8) is 0 Å². The Bertz CT molecular complexity index is 4010. The van der Waals surface area contributed by atoms with Crippen LogP contribution in [-0.2, 0) is 93.3 Å². The molecule has 0 heterocycles. The molecule has 8 rings (SSSR count). The van der Waals surface area contributed by atoms with E-state index in [0.717, 1.165) is 144 Å². The first-order chi connectivity index (χ1) is 65.8. The van der Waals surface area contributed by atoms with E-state index < -0.39 is 77.4 Å². The number of hydrogen-bond donors (Lipinski definition) is 2. The van der Waals surface area contributed by atoms with Gasteiger partial charge in [0.05, 0.1) is 11.5 Å². The number of carbonyl (C=O) groups is 10. The van der Waals surface area contributed by atoms with E-state index in [0.29, 0.717) is 129 Å². The largest absolute Gasteiger partial charge is 0.461 e. The number of unbranched alkanes of at least 4 members (excludes halogenated alkanes) is 16. The molecule has 16 atom stereocenters. The highest BCUT2D eigenvalue weighted by Crippen LogP contribution is 2.48. The van der Waals surface area contributed by atoms with E-state index in [1.807, 2.05) is 163 Å². The van der Waals surface area contributed by atoms with Gasteiger partial charge < -0.3 is 29.2 Å². The van der Waals surface area contributed by atoms with Crippen LogP contribution in [0.2, 0.25) is 0 Å². The molecule has 2 N–H and O–H groups in total. The molecule has 0 spiro atoms. The number of alkyl halides is 9. The van der Waals surface area contributed by atoms with Crippen molar-refractivity contribution < 1.29 is 112 Å². The summed E-state index contributed by atoms with van der Waals surface area (Å²) in [4.78, 5) is 122. The molecular weight excluding hydrogens is 1800 g/mol. The van der Waals surface area contributed by atoms with Crippen LogP contribution in [-0.4, -0.2) is 110 Å². The molecule has 0 saturated heterocycles. The van der Waals surface area contributed by atoms with Crippen molar-refractivity contribution in [2.24, 2.45) is 76.9 Å². The van der Waals surface area contributed by atoms with Crippen molar-refractivity contribution in [2.75, 3.05) is 0 Å². The van der Waals surface area contributed by atoms with Gasteiger partial charge in [-0.15, -0.1) is 11.6 Å².